The Morgan fingerprint density at radius 1 is 1.43 bits per heavy atom. The minimum absolute atomic E-state index is 0.139. The molecule has 2 unspecified atom stereocenters. The molecule has 1 aliphatic heterocycles. The zero-order valence-corrected chi connectivity index (χ0v) is 13.6. The van der Waals surface area contributed by atoms with Crippen molar-refractivity contribution in [1.29, 1.82) is 0 Å². The Hall–Kier alpha value is -0.640. The third kappa shape index (κ3) is 3.10. The van der Waals surface area contributed by atoms with Gasteiger partial charge in [-0.2, -0.15) is 0 Å². The van der Waals surface area contributed by atoms with Gasteiger partial charge >= 0.3 is 0 Å². The molecule has 1 saturated carbocycles. The zero-order valence-electron chi connectivity index (χ0n) is 12.8. The molecule has 0 radical (unpaired) electrons. The smallest absolute Gasteiger partial charge is 0.127 e. The van der Waals surface area contributed by atoms with E-state index >= 15 is 0 Å². The number of rotatable bonds is 4. The van der Waals surface area contributed by atoms with E-state index < -0.39 is 0 Å². The first-order chi connectivity index (χ1) is 10.0. The van der Waals surface area contributed by atoms with Gasteiger partial charge in [-0.3, -0.25) is 4.90 Å². The van der Waals surface area contributed by atoms with Crippen molar-refractivity contribution in [1.82, 2.24) is 10.2 Å². The maximum atomic E-state index is 14.1. The van der Waals surface area contributed by atoms with E-state index in [9.17, 15) is 4.39 Å². The number of benzene rings is 1. The molecular weight excluding hydrogens is 287 g/mol. The zero-order chi connectivity index (χ0) is 15.0. The second kappa shape index (κ2) is 5.86. The molecular formula is C17H24ClFN2. The summed E-state index contributed by atoms with van der Waals surface area (Å²) in [5.74, 6) is 0.592. The van der Waals surface area contributed by atoms with E-state index in [0.717, 1.165) is 25.4 Å². The minimum Gasteiger partial charge on any atom is -0.311 e. The molecule has 1 N–H and O–H groups in total. The summed E-state index contributed by atoms with van der Waals surface area (Å²) in [5.41, 5.74) is 0.853. The molecule has 2 atom stereocenters. The number of nitrogens with zero attached hydrogens (tertiary/aromatic N) is 1. The second-order valence-corrected chi connectivity index (χ2v) is 7.17. The fourth-order valence-electron chi connectivity index (χ4n) is 3.50. The van der Waals surface area contributed by atoms with Crippen LogP contribution in [-0.4, -0.2) is 29.6 Å². The van der Waals surface area contributed by atoms with Crippen LogP contribution in [0.1, 0.15) is 38.7 Å². The standard InChI is InChI=1S/C17H24ClFN2/c1-3-15-10-21(17(2,11-20-15)13-4-5-13)9-12-8-14(18)6-7-16(12)19/h6-8,13,15,20H,3-5,9-11H2,1-2H3. The summed E-state index contributed by atoms with van der Waals surface area (Å²) < 4.78 is 14.1. The molecule has 0 bridgehead atoms. The van der Waals surface area contributed by atoms with Crippen molar-refractivity contribution in [3.8, 4) is 0 Å². The van der Waals surface area contributed by atoms with Crippen molar-refractivity contribution >= 4 is 11.6 Å². The van der Waals surface area contributed by atoms with Crippen LogP contribution in [0.5, 0.6) is 0 Å². The van der Waals surface area contributed by atoms with E-state index in [1.54, 1.807) is 12.1 Å². The third-order valence-corrected chi connectivity index (χ3v) is 5.47. The number of halogens is 2. The predicted octanol–water partition coefficient (Wildman–Crippen LogP) is 3.83. The highest BCUT2D eigenvalue weighted by molar-refractivity contribution is 6.30. The molecule has 1 aromatic rings. The van der Waals surface area contributed by atoms with Crippen LogP contribution < -0.4 is 5.32 Å². The van der Waals surface area contributed by atoms with Crippen molar-refractivity contribution in [2.24, 2.45) is 5.92 Å². The minimum atomic E-state index is -0.149. The maximum absolute atomic E-state index is 14.1. The van der Waals surface area contributed by atoms with Crippen LogP contribution in [0.15, 0.2) is 18.2 Å². The first kappa shape index (κ1) is 15.3. The Labute approximate surface area is 131 Å². The van der Waals surface area contributed by atoms with Gasteiger partial charge < -0.3 is 5.32 Å². The van der Waals surface area contributed by atoms with Gasteiger partial charge in [0.25, 0.3) is 0 Å². The third-order valence-electron chi connectivity index (χ3n) is 5.23. The van der Waals surface area contributed by atoms with E-state index in [1.165, 1.54) is 18.9 Å². The largest absolute Gasteiger partial charge is 0.311 e. The van der Waals surface area contributed by atoms with E-state index in [4.69, 9.17) is 11.6 Å². The molecule has 2 fully saturated rings. The van der Waals surface area contributed by atoms with E-state index in [1.807, 2.05) is 0 Å². The van der Waals surface area contributed by atoms with Gasteiger partial charge in [-0.25, -0.2) is 4.39 Å². The van der Waals surface area contributed by atoms with Gasteiger partial charge in [-0.05, 0) is 50.3 Å². The van der Waals surface area contributed by atoms with Gasteiger partial charge in [0.15, 0.2) is 0 Å². The van der Waals surface area contributed by atoms with Crippen LogP contribution in [0.25, 0.3) is 0 Å². The number of hydrogen-bond acceptors (Lipinski definition) is 2. The molecule has 21 heavy (non-hydrogen) atoms. The molecule has 1 aromatic carbocycles. The van der Waals surface area contributed by atoms with Gasteiger partial charge in [-0.1, -0.05) is 18.5 Å². The summed E-state index contributed by atoms with van der Waals surface area (Å²) in [6.45, 7) is 7.16. The van der Waals surface area contributed by atoms with Crippen molar-refractivity contribution in [3.05, 3.63) is 34.6 Å². The van der Waals surface area contributed by atoms with Crippen LogP contribution >= 0.6 is 11.6 Å². The monoisotopic (exact) mass is 310 g/mol. The van der Waals surface area contributed by atoms with Gasteiger partial charge in [0.2, 0.25) is 0 Å². The normalized spacial score (nSPS) is 30.6. The van der Waals surface area contributed by atoms with Gasteiger partial charge in [0.05, 0.1) is 0 Å². The van der Waals surface area contributed by atoms with E-state index in [-0.39, 0.29) is 11.4 Å². The van der Waals surface area contributed by atoms with Crippen LogP contribution in [0.4, 0.5) is 4.39 Å². The number of hydrogen-bond donors (Lipinski definition) is 1. The van der Waals surface area contributed by atoms with Crippen LogP contribution in [0.2, 0.25) is 5.02 Å². The summed E-state index contributed by atoms with van der Waals surface area (Å²) in [6, 6.07) is 5.37. The average molecular weight is 311 g/mol. The molecule has 1 heterocycles. The van der Waals surface area contributed by atoms with E-state index in [2.05, 4.69) is 24.1 Å². The number of piperazine rings is 1. The quantitative estimate of drug-likeness (QED) is 0.909. The SMILES string of the molecule is CCC1CN(Cc2cc(Cl)ccc2F)C(C)(C2CC2)CN1. The summed E-state index contributed by atoms with van der Waals surface area (Å²) in [5, 5.41) is 4.27. The lowest BCUT2D eigenvalue weighted by Gasteiger charge is -2.48. The fourth-order valence-corrected chi connectivity index (χ4v) is 3.69. The molecule has 2 nitrogen and oxygen atoms in total. The molecule has 4 heteroatoms. The summed E-state index contributed by atoms with van der Waals surface area (Å²) in [4.78, 5) is 2.48. The first-order valence-electron chi connectivity index (χ1n) is 7.95. The van der Waals surface area contributed by atoms with Crippen molar-refractivity contribution < 1.29 is 4.39 Å². The second-order valence-electron chi connectivity index (χ2n) is 6.73. The molecule has 0 amide bonds. The average Bonchev–Trinajstić information content (AvgIpc) is 3.30. The maximum Gasteiger partial charge on any atom is 0.127 e. The lowest BCUT2D eigenvalue weighted by atomic mass is 9.88. The van der Waals surface area contributed by atoms with E-state index in [0.29, 0.717) is 23.2 Å². The first-order valence-corrected chi connectivity index (χ1v) is 8.33. The van der Waals surface area contributed by atoms with Crippen LogP contribution in [-0.2, 0) is 6.54 Å². The molecule has 2 aliphatic rings. The number of nitrogens with one attached hydrogen (secondary N) is 1. The Bertz CT molecular complexity index is 518. The Morgan fingerprint density at radius 2 is 2.19 bits per heavy atom. The fraction of sp³-hybridized carbons (Fsp3) is 0.647. The van der Waals surface area contributed by atoms with Gasteiger partial charge in [0, 0.05) is 41.8 Å². The lowest BCUT2D eigenvalue weighted by Crippen LogP contribution is -2.63. The molecule has 1 aliphatic carbocycles. The molecule has 0 spiro atoms. The molecule has 3 rings (SSSR count). The summed E-state index contributed by atoms with van der Waals surface area (Å²) >= 11 is 6.04. The van der Waals surface area contributed by atoms with Crippen LogP contribution in [0, 0.1) is 11.7 Å². The molecule has 0 aromatic heterocycles. The van der Waals surface area contributed by atoms with Crippen molar-refractivity contribution in [3.63, 3.8) is 0 Å². The Kier molecular flexibility index (Phi) is 4.26. The summed E-state index contributed by atoms with van der Waals surface area (Å²) in [6.07, 6.45) is 3.70. The predicted molar refractivity (Wildman–Crippen MR) is 85.0 cm³/mol. The topological polar surface area (TPSA) is 15.3 Å². The lowest BCUT2D eigenvalue weighted by molar-refractivity contribution is 0.0262. The van der Waals surface area contributed by atoms with Crippen molar-refractivity contribution in [2.45, 2.75) is 51.2 Å². The van der Waals surface area contributed by atoms with Crippen LogP contribution in [0.3, 0.4) is 0 Å². The highest BCUT2D eigenvalue weighted by Gasteiger charge is 2.48. The molecule has 1 saturated heterocycles. The van der Waals surface area contributed by atoms with Gasteiger partial charge in [-0.15, -0.1) is 0 Å². The highest BCUT2D eigenvalue weighted by Crippen LogP contribution is 2.44. The van der Waals surface area contributed by atoms with Gasteiger partial charge in [0.1, 0.15) is 5.82 Å². The summed E-state index contributed by atoms with van der Waals surface area (Å²) in [7, 11) is 0. The Balaban J connectivity index is 1.83. The Morgan fingerprint density at radius 3 is 2.86 bits per heavy atom. The highest BCUT2D eigenvalue weighted by atomic mass is 35.5. The molecule has 116 valence electrons. The van der Waals surface area contributed by atoms with Crippen molar-refractivity contribution in [2.75, 3.05) is 13.1 Å².